The molecule has 0 aromatic carbocycles. The molecule has 0 radical (unpaired) electrons. The number of carbonyl (C=O) groups excluding carboxylic acids is 5. The number of nitrogens with one attached hydrogen (secondary N) is 4. The number of ketones is 1. The summed E-state index contributed by atoms with van der Waals surface area (Å²) in [6, 6.07) is -3.27. The molecule has 3 aliphatic rings. The smallest absolute Gasteiger partial charge is 0.315 e. The normalized spacial score (nSPS) is 23.7. The number of Topliss-reactive ketones (excluding diaryl/α,β-unsaturated/α-hetero) is 1. The number of ether oxygens (including phenoxy) is 1. The Morgan fingerprint density at radius 3 is 2.22 bits per heavy atom. The summed E-state index contributed by atoms with van der Waals surface area (Å²) in [5.41, 5.74) is -0.941. The van der Waals surface area contributed by atoms with Crippen molar-refractivity contribution in [3.05, 3.63) is 0 Å². The molecule has 1 saturated heterocycles. The van der Waals surface area contributed by atoms with E-state index >= 15 is 0 Å². The summed E-state index contributed by atoms with van der Waals surface area (Å²) in [5.74, 6) is -0.0211. The van der Waals surface area contributed by atoms with Crippen molar-refractivity contribution in [3.8, 4) is 12.3 Å². The number of rotatable bonds is 15. The van der Waals surface area contributed by atoms with Crippen LogP contribution in [0.3, 0.4) is 0 Å². The summed E-state index contributed by atoms with van der Waals surface area (Å²) in [7, 11) is 1.49. The van der Waals surface area contributed by atoms with Gasteiger partial charge in [-0.3, -0.25) is 19.2 Å². The Hall–Kier alpha value is -3.13. The standard InChI is InChI=1S/C38H63N5O6/c1-11-12-17-26(29(44)32(46)39-22-23-49-10)40-31(45)28-27-25(37(27,8)9)24-43(28)33(47)30(36(5,6)7)41-34(48)42-38(19-14-13-15-20-38)21-16-18-35(2,3)4/h1,25-28,30H,12-24H2,2-10H3,(H,39,46)(H,40,45)(H2,41,42,48)/t25?,26?,27?,28-,30+/m0/s1. The van der Waals surface area contributed by atoms with Crippen LogP contribution in [0.25, 0.3) is 0 Å². The molecule has 5 amide bonds. The SMILES string of the molecule is C#CCCC(NC(=O)[C@@H]1C2C(CN1C(=O)[C@@H](NC(=O)NC1(CCCC(C)(C)C)CCCCC1)C(C)(C)C)C2(C)C)C(=O)C(=O)NCCOC. The van der Waals surface area contributed by atoms with Gasteiger partial charge >= 0.3 is 6.03 Å². The Morgan fingerprint density at radius 1 is 1.00 bits per heavy atom. The lowest BCUT2D eigenvalue weighted by atomic mass is 9.76. The molecule has 11 heteroatoms. The molecule has 2 aliphatic carbocycles. The molecule has 1 heterocycles. The largest absolute Gasteiger partial charge is 0.383 e. The third-order valence-electron chi connectivity index (χ3n) is 10.9. The number of methoxy groups -OCH3 is 1. The highest BCUT2D eigenvalue weighted by Crippen LogP contribution is 2.65. The lowest BCUT2D eigenvalue weighted by Crippen LogP contribution is -2.63. The van der Waals surface area contributed by atoms with Gasteiger partial charge in [0.2, 0.25) is 17.6 Å². The van der Waals surface area contributed by atoms with Crippen LogP contribution < -0.4 is 21.3 Å². The van der Waals surface area contributed by atoms with Crippen LogP contribution in [0.4, 0.5) is 4.79 Å². The van der Waals surface area contributed by atoms with Crippen molar-refractivity contribution in [2.45, 2.75) is 143 Å². The molecule has 276 valence electrons. The molecule has 4 N–H and O–H groups in total. The predicted octanol–water partition coefficient (Wildman–Crippen LogP) is 4.33. The van der Waals surface area contributed by atoms with Crippen LogP contribution >= 0.6 is 0 Å². The molecule has 11 nitrogen and oxygen atoms in total. The maximum Gasteiger partial charge on any atom is 0.315 e. The number of hydrogen-bond acceptors (Lipinski definition) is 6. The lowest BCUT2D eigenvalue weighted by Gasteiger charge is -2.41. The van der Waals surface area contributed by atoms with E-state index in [2.05, 4.69) is 61.8 Å². The molecular weight excluding hydrogens is 622 g/mol. The van der Waals surface area contributed by atoms with Crippen LogP contribution in [-0.4, -0.2) is 84.9 Å². The molecule has 49 heavy (non-hydrogen) atoms. The van der Waals surface area contributed by atoms with Gasteiger partial charge in [-0.25, -0.2) is 4.79 Å². The monoisotopic (exact) mass is 685 g/mol. The minimum absolute atomic E-state index is 0.0841. The molecular formula is C38H63N5O6. The van der Waals surface area contributed by atoms with E-state index in [4.69, 9.17) is 11.2 Å². The first-order valence-electron chi connectivity index (χ1n) is 18.2. The lowest BCUT2D eigenvalue weighted by molar-refractivity contribution is -0.145. The molecule has 3 rings (SSSR count). The van der Waals surface area contributed by atoms with Crippen LogP contribution in [0.15, 0.2) is 0 Å². The van der Waals surface area contributed by atoms with Gasteiger partial charge in [0.15, 0.2) is 0 Å². The number of terminal acetylenes is 1. The zero-order valence-corrected chi connectivity index (χ0v) is 31.6. The quantitative estimate of drug-likeness (QED) is 0.115. The first kappa shape index (κ1) is 40.3. The predicted molar refractivity (Wildman–Crippen MR) is 190 cm³/mol. The van der Waals surface area contributed by atoms with Gasteiger partial charge in [-0.05, 0) is 60.2 Å². The fourth-order valence-corrected chi connectivity index (χ4v) is 7.92. The van der Waals surface area contributed by atoms with Crippen molar-refractivity contribution >= 4 is 29.5 Å². The molecule has 2 saturated carbocycles. The minimum Gasteiger partial charge on any atom is -0.383 e. The van der Waals surface area contributed by atoms with E-state index in [1.54, 1.807) is 4.90 Å². The van der Waals surface area contributed by atoms with Crippen molar-refractivity contribution < 1.29 is 28.7 Å². The highest BCUT2D eigenvalue weighted by Gasteiger charge is 2.70. The summed E-state index contributed by atoms with van der Waals surface area (Å²) in [5, 5.41) is 11.6. The summed E-state index contributed by atoms with van der Waals surface area (Å²) in [6.07, 6.45) is 13.8. The highest BCUT2D eigenvalue weighted by molar-refractivity contribution is 6.38. The average molecular weight is 686 g/mol. The zero-order chi connectivity index (χ0) is 36.8. The topological polar surface area (TPSA) is 146 Å². The van der Waals surface area contributed by atoms with Crippen molar-refractivity contribution in [2.75, 3.05) is 26.8 Å². The first-order valence-corrected chi connectivity index (χ1v) is 18.2. The van der Waals surface area contributed by atoms with Crippen LogP contribution in [0, 0.1) is 40.4 Å². The minimum atomic E-state index is -1.14. The van der Waals surface area contributed by atoms with E-state index in [1.165, 1.54) is 7.11 Å². The van der Waals surface area contributed by atoms with E-state index in [-0.39, 0.29) is 66.1 Å². The van der Waals surface area contributed by atoms with E-state index < -0.39 is 41.1 Å². The van der Waals surface area contributed by atoms with Crippen LogP contribution in [-0.2, 0) is 23.9 Å². The van der Waals surface area contributed by atoms with Crippen molar-refractivity contribution in [1.29, 1.82) is 0 Å². The van der Waals surface area contributed by atoms with Crippen LogP contribution in [0.5, 0.6) is 0 Å². The molecule has 5 atom stereocenters. The number of nitrogens with zero attached hydrogens (tertiary/aromatic N) is 1. The van der Waals surface area contributed by atoms with Crippen LogP contribution in [0.2, 0.25) is 0 Å². The third kappa shape index (κ3) is 10.4. The maximum absolute atomic E-state index is 14.5. The average Bonchev–Trinajstić information content (AvgIpc) is 3.32. The van der Waals surface area contributed by atoms with Crippen molar-refractivity contribution in [2.24, 2.45) is 28.1 Å². The van der Waals surface area contributed by atoms with E-state index in [1.807, 2.05) is 20.8 Å². The summed E-state index contributed by atoms with van der Waals surface area (Å²) in [4.78, 5) is 69.6. The molecule has 1 aliphatic heterocycles. The van der Waals surface area contributed by atoms with E-state index in [0.29, 0.717) is 6.54 Å². The third-order valence-corrected chi connectivity index (χ3v) is 10.9. The molecule has 0 bridgehead atoms. The van der Waals surface area contributed by atoms with E-state index in [9.17, 15) is 24.0 Å². The fourth-order valence-electron chi connectivity index (χ4n) is 7.92. The maximum atomic E-state index is 14.5. The second-order valence-corrected chi connectivity index (χ2v) is 17.5. The van der Waals surface area contributed by atoms with E-state index in [0.717, 1.165) is 51.4 Å². The van der Waals surface area contributed by atoms with Gasteiger partial charge in [-0.15, -0.1) is 12.3 Å². The van der Waals surface area contributed by atoms with Gasteiger partial charge in [-0.1, -0.05) is 81.1 Å². The number of hydrogen-bond donors (Lipinski definition) is 4. The Kier molecular flexibility index (Phi) is 13.4. The van der Waals surface area contributed by atoms with Gasteiger partial charge in [0.1, 0.15) is 12.1 Å². The summed E-state index contributed by atoms with van der Waals surface area (Å²) >= 11 is 0. The van der Waals surface area contributed by atoms with Crippen molar-refractivity contribution in [1.82, 2.24) is 26.2 Å². The highest BCUT2D eigenvalue weighted by atomic mass is 16.5. The summed E-state index contributed by atoms with van der Waals surface area (Å²) in [6.45, 7) is 17.3. The van der Waals surface area contributed by atoms with Gasteiger partial charge in [0, 0.05) is 32.2 Å². The van der Waals surface area contributed by atoms with Gasteiger partial charge in [0.25, 0.3) is 5.91 Å². The van der Waals surface area contributed by atoms with Gasteiger partial charge in [0.05, 0.1) is 12.6 Å². The Balaban J connectivity index is 1.80. The van der Waals surface area contributed by atoms with Gasteiger partial charge < -0.3 is 30.9 Å². The second kappa shape index (κ2) is 16.3. The number of urea groups is 1. The Bertz CT molecular complexity index is 1250. The summed E-state index contributed by atoms with van der Waals surface area (Å²) < 4.78 is 4.95. The number of likely N-dealkylation sites (tertiary alicyclic amines) is 1. The first-order chi connectivity index (χ1) is 22.8. The van der Waals surface area contributed by atoms with Crippen molar-refractivity contribution in [3.63, 3.8) is 0 Å². The molecule has 0 aromatic heterocycles. The molecule has 3 unspecified atom stereocenters. The number of fused-ring (bicyclic) bond motifs is 1. The number of carbonyl (C=O) groups is 5. The Morgan fingerprint density at radius 2 is 1.65 bits per heavy atom. The fraction of sp³-hybridized carbons (Fsp3) is 0.816. The molecule has 3 fully saturated rings. The van der Waals surface area contributed by atoms with Gasteiger partial charge in [-0.2, -0.15) is 0 Å². The number of amides is 5. The zero-order valence-electron chi connectivity index (χ0n) is 31.6. The second-order valence-electron chi connectivity index (χ2n) is 17.5. The molecule has 0 spiro atoms. The molecule has 0 aromatic rings. The van der Waals surface area contributed by atoms with Crippen LogP contribution in [0.1, 0.15) is 120 Å². The number of piperidine rings is 1. The Labute approximate surface area is 294 Å².